The summed E-state index contributed by atoms with van der Waals surface area (Å²) in [5.74, 6) is 0. The molecule has 1 heteroatoms. The SMILES string of the molecule is CC1=[C]C(C)([Si](c2cc(C)cc(C)c2)(c2ccc(C)cc2C)c2ccc(C)cc2C)C(C)=C1C. The summed E-state index contributed by atoms with van der Waals surface area (Å²) in [7, 11) is -2.65. The van der Waals surface area contributed by atoms with E-state index in [4.69, 9.17) is 0 Å². The molecular formula is C33H39Si. The Hall–Kier alpha value is -2.64. The number of rotatable bonds is 4. The van der Waals surface area contributed by atoms with Crippen molar-refractivity contribution < 1.29 is 0 Å². The van der Waals surface area contributed by atoms with E-state index in [1.165, 1.54) is 65.7 Å². The fourth-order valence-corrected chi connectivity index (χ4v) is 13.1. The average molecular weight is 464 g/mol. The second-order valence-electron chi connectivity index (χ2n) is 10.9. The normalized spacial score (nSPS) is 18.5. The van der Waals surface area contributed by atoms with E-state index in [1.807, 2.05) is 0 Å². The molecule has 3 aromatic carbocycles. The van der Waals surface area contributed by atoms with Crippen molar-refractivity contribution in [3.8, 4) is 0 Å². The lowest BCUT2D eigenvalue weighted by Crippen LogP contribution is -2.74. The van der Waals surface area contributed by atoms with Crippen LogP contribution in [-0.4, -0.2) is 8.07 Å². The molecule has 0 N–H and O–H groups in total. The summed E-state index contributed by atoms with van der Waals surface area (Å²) in [6.45, 7) is 22.9. The maximum absolute atomic E-state index is 4.09. The maximum atomic E-state index is 4.09. The molecule has 0 saturated heterocycles. The van der Waals surface area contributed by atoms with Crippen molar-refractivity contribution in [1.82, 2.24) is 0 Å². The van der Waals surface area contributed by atoms with Crippen LogP contribution >= 0.6 is 0 Å². The molecule has 0 nitrogen and oxygen atoms in total. The molecule has 1 atom stereocenters. The highest BCUT2D eigenvalue weighted by Crippen LogP contribution is 2.52. The number of hydrogen-bond donors (Lipinski definition) is 0. The molecule has 0 aliphatic heterocycles. The van der Waals surface area contributed by atoms with Gasteiger partial charge in [0.25, 0.3) is 0 Å². The quantitative estimate of drug-likeness (QED) is 0.293. The first-order valence-corrected chi connectivity index (χ1v) is 14.5. The molecule has 0 aromatic heterocycles. The smallest absolute Gasteiger partial charge is 0.0617 e. The number of allylic oxidation sites excluding steroid dienone is 4. The molecule has 0 fully saturated rings. The molecule has 1 aliphatic carbocycles. The molecule has 3 aromatic rings. The van der Waals surface area contributed by atoms with Crippen molar-refractivity contribution in [3.63, 3.8) is 0 Å². The van der Waals surface area contributed by atoms with Gasteiger partial charge in [-0.05, 0) is 95.1 Å². The van der Waals surface area contributed by atoms with E-state index in [9.17, 15) is 0 Å². The molecule has 1 radical (unpaired) electrons. The summed E-state index contributed by atoms with van der Waals surface area (Å²) in [5.41, 5.74) is 12.3. The van der Waals surface area contributed by atoms with Crippen molar-refractivity contribution in [2.75, 3.05) is 0 Å². The van der Waals surface area contributed by atoms with Gasteiger partial charge in [-0.25, -0.2) is 0 Å². The Balaban J connectivity index is 2.31. The Labute approximate surface area is 208 Å². The summed E-state index contributed by atoms with van der Waals surface area (Å²) in [6, 6.07) is 21.5. The van der Waals surface area contributed by atoms with Crippen LogP contribution in [0.3, 0.4) is 0 Å². The van der Waals surface area contributed by atoms with Crippen molar-refractivity contribution in [2.24, 2.45) is 0 Å². The first-order valence-electron chi connectivity index (χ1n) is 12.5. The highest BCUT2D eigenvalue weighted by atomic mass is 28.3. The van der Waals surface area contributed by atoms with Gasteiger partial charge in [0.2, 0.25) is 0 Å². The summed E-state index contributed by atoms with van der Waals surface area (Å²) in [4.78, 5) is 0. The number of hydrogen-bond acceptors (Lipinski definition) is 0. The largest absolute Gasteiger partial charge is 0.163 e. The molecule has 1 aliphatic rings. The van der Waals surface area contributed by atoms with Crippen molar-refractivity contribution >= 4 is 23.6 Å². The van der Waals surface area contributed by atoms with Gasteiger partial charge in [-0.1, -0.05) is 100 Å². The molecule has 175 valence electrons. The number of aryl methyl sites for hydroxylation is 6. The summed E-state index contributed by atoms with van der Waals surface area (Å²) >= 11 is 0. The van der Waals surface area contributed by atoms with Crippen LogP contribution in [0.5, 0.6) is 0 Å². The molecule has 1 unspecified atom stereocenters. The van der Waals surface area contributed by atoms with Gasteiger partial charge in [-0.2, -0.15) is 0 Å². The third-order valence-corrected chi connectivity index (χ3v) is 14.2. The standard InChI is InChI=1S/C33H39Si/c1-21-11-13-31(25(5)16-21)34(30-18-23(3)15-24(4)19-30,32-14-12-22(2)17-26(32)6)33(10)20-27(7)28(8)29(33)9/h11-19H,1-10H3. The van der Waals surface area contributed by atoms with Crippen LogP contribution in [0.1, 0.15) is 61.1 Å². The van der Waals surface area contributed by atoms with Gasteiger partial charge in [0, 0.05) is 5.04 Å². The number of benzene rings is 3. The lowest BCUT2D eigenvalue weighted by Gasteiger charge is -2.48. The zero-order chi connectivity index (χ0) is 25.0. The van der Waals surface area contributed by atoms with Gasteiger partial charge in [-0.3, -0.25) is 0 Å². The van der Waals surface area contributed by atoms with Gasteiger partial charge < -0.3 is 0 Å². The minimum absolute atomic E-state index is 0.193. The van der Waals surface area contributed by atoms with Gasteiger partial charge in [0.15, 0.2) is 8.07 Å². The van der Waals surface area contributed by atoms with Crippen molar-refractivity contribution in [2.45, 2.75) is 74.3 Å². The third kappa shape index (κ3) is 3.57. The van der Waals surface area contributed by atoms with E-state index in [0.717, 1.165) is 0 Å². The fourth-order valence-electron chi connectivity index (χ4n) is 6.54. The zero-order valence-electron chi connectivity index (χ0n) is 22.7. The predicted molar refractivity (Wildman–Crippen MR) is 152 cm³/mol. The first kappa shape index (κ1) is 24.5. The van der Waals surface area contributed by atoms with Crippen LogP contribution in [0.4, 0.5) is 0 Å². The fraction of sp³-hybridized carbons (Fsp3) is 0.333. The Morgan fingerprint density at radius 2 is 1.06 bits per heavy atom. The molecule has 34 heavy (non-hydrogen) atoms. The van der Waals surface area contributed by atoms with Crippen LogP contribution in [0.15, 0.2) is 71.3 Å². The minimum atomic E-state index is -2.65. The van der Waals surface area contributed by atoms with Crippen LogP contribution in [-0.2, 0) is 0 Å². The second kappa shape index (κ2) is 8.54. The van der Waals surface area contributed by atoms with E-state index in [0.29, 0.717) is 0 Å². The Bertz CT molecular complexity index is 1280. The van der Waals surface area contributed by atoms with Gasteiger partial charge in [-0.15, -0.1) is 0 Å². The molecule has 0 spiro atoms. The summed E-state index contributed by atoms with van der Waals surface area (Å²) in [5, 5.41) is 4.31. The topological polar surface area (TPSA) is 0 Å². The summed E-state index contributed by atoms with van der Waals surface area (Å²) < 4.78 is 0. The monoisotopic (exact) mass is 463 g/mol. The lowest BCUT2D eigenvalue weighted by molar-refractivity contribution is 0.847. The lowest BCUT2D eigenvalue weighted by atomic mass is 10.0. The van der Waals surface area contributed by atoms with E-state index in [2.05, 4.69) is 130 Å². The van der Waals surface area contributed by atoms with E-state index in [-0.39, 0.29) is 5.04 Å². The van der Waals surface area contributed by atoms with Gasteiger partial charge in [0.1, 0.15) is 0 Å². The van der Waals surface area contributed by atoms with Crippen LogP contribution < -0.4 is 15.6 Å². The maximum Gasteiger partial charge on any atom is 0.163 e. The zero-order valence-corrected chi connectivity index (χ0v) is 23.7. The van der Waals surface area contributed by atoms with Crippen molar-refractivity contribution in [1.29, 1.82) is 0 Å². The van der Waals surface area contributed by atoms with Crippen LogP contribution in [0, 0.1) is 47.6 Å². The van der Waals surface area contributed by atoms with Gasteiger partial charge >= 0.3 is 0 Å². The van der Waals surface area contributed by atoms with Crippen LogP contribution in [0.25, 0.3) is 0 Å². The van der Waals surface area contributed by atoms with E-state index in [1.54, 1.807) is 0 Å². The van der Waals surface area contributed by atoms with E-state index >= 15 is 0 Å². The minimum Gasteiger partial charge on any atom is -0.0617 e. The third-order valence-electron chi connectivity index (χ3n) is 8.29. The molecule has 0 bridgehead atoms. The predicted octanol–water partition coefficient (Wildman–Crippen LogP) is 6.87. The van der Waals surface area contributed by atoms with Crippen LogP contribution in [0.2, 0.25) is 5.04 Å². The molecule has 0 saturated carbocycles. The van der Waals surface area contributed by atoms with E-state index < -0.39 is 8.07 Å². The van der Waals surface area contributed by atoms with Crippen molar-refractivity contribution in [3.05, 3.63) is 111 Å². The highest BCUT2D eigenvalue weighted by molar-refractivity contribution is 7.14. The highest BCUT2D eigenvalue weighted by Gasteiger charge is 2.57. The van der Waals surface area contributed by atoms with Gasteiger partial charge in [0.05, 0.1) is 0 Å². The Kier molecular flexibility index (Phi) is 6.15. The molecule has 4 rings (SSSR count). The summed E-state index contributed by atoms with van der Waals surface area (Å²) in [6.07, 6.45) is 4.09. The molecular weight excluding hydrogens is 424 g/mol. The average Bonchev–Trinajstić information content (AvgIpc) is 2.94. The molecule has 0 amide bonds. The second-order valence-corrected chi connectivity index (χ2v) is 15.0. The first-order chi connectivity index (χ1) is 15.9. The Morgan fingerprint density at radius 1 is 0.588 bits per heavy atom. The molecule has 0 heterocycles. The Morgan fingerprint density at radius 3 is 1.44 bits per heavy atom.